The second-order valence-corrected chi connectivity index (χ2v) is 6.62. The minimum absolute atomic E-state index is 0.401. The summed E-state index contributed by atoms with van der Waals surface area (Å²) in [6.45, 7) is 3.08. The molecule has 1 aromatic rings. The molecule has 2 fully saturated rings. The number of rotatable bonds is 4. The largest absolute Gasteiger partial charge is 0.402 e. The third-order valence-electron chi connectivity index (χ3n) is 4.59. The van der Waals surface area contributed by atoms with Crippen LogP contribution < -0.4 is 17.2 Å². The lowest BCUT2D eigenvalue weighted by Gasteiger charge is -2.22. The second kappa shape index (κ2) is 7.09. The maximum Gasteiger partial charge on any atom is 0.198 e. The van der Waals surface area contributed by atoms with Crippen molar-refractivity contribution in [3.63, 3.8) is 0 Å². The Balaban J connectivity index is 1.83. The summed E-state index contributed by atoms with van der Waals surface area (Å²) in [5.41, 5.74) is 20.0. The van der Waals surface area contributed by atoms with Gasteiger partial charge in [-0.15, -0.1) is 0 Å². The highest BCUT2D eigenvalue weighted by Crippen LogP contribution is 2.33. The summed E-state index contributed by atoms with van der Waals surface area (Å²) in [4.78, 5) is 14.3. The molecule has 24 heavy (non-hydrogen) atoms. The van der Waals surface area contributed by atoms with Gasteiger partial charge >= 0.3 is 0 Å². The molecule has 7 N–H and O–H groups in total. The molecular formula is C17H27N7. The van der Waals surface area contributed by atoms with Gasteiger partial charge in [-0.25, -0.2) is 4.99 Å². The first-order valence-electron chi connectivity index (χ1n) is 8.59. The molecule has 7 heteroatoms. The molecular weight excluding hydrogens is 302 g/mol. The lowest BCUT2D eigenvalue weighted by molar-refractivity contribution is 0.411. The summed E-state index contributed by atoms with van der Waals surface area (Å²) in [6.07, 6.45) is 7.65. The summed E-state index contributed by atoms with van der Waals surface area (Å²) in [6, 6.07) is 4.20. The van der Waals surface area contributed by atoms with E-state index in [0.29, 0.717) is 23.8 Å². The van der Waals surface area contributed by atoms with Gasteiger partial charge in [-0.1, -0.05) is 0 Å². The molecule has 2 heterocycles. The van der Waals surface area contributed by atoms with Crippen LogP contribution in [0.3, 0.4) is 0 Å². The van der Waals surface area contributed by atoms with E-state index in [1.807, 2.05) is 24.4 Å². The van der Waals surface area contributed by atoms with Gasteiger partial charge in [0.1, 0.15) is 6.17 Å². The molecule has 1 saturated heterocycles. The molecule has 0 amide bonds. The molecule has 0 spiro atoms. The number of amidine groups is 1. The van der Waals surface area contributed by atoms with Crippen molar-refractivity contribution in [3.05, 3.63) is 35.8 Å². The zero-order chi connectivity index (χ0) is 17.1. The Kier molecular flexibility index (Phi) is 4.89. The van der Waals surface area contributed by atoms with Crippen LogP contribution in [-0.4, -0.2) is 40.4 Å². The van der Waals surface area contributed by atoms with Gasteiger partial charge in [0.15, 0.2) is 11.8 Å². The maximum absolute atomic E-state index is 6.21. The number of aromatic amines is 1. The number of nitrogens with one attached hydrogen (secondary N) is 1. The molecule has 130 valence electrons. The maximum atomic E-state index is 6.21. The fraction of sp³-hybridized carbons (Fsp3) is 0.529. The van der Waals surface area contributed by atoms with Crippen LogP contribution >= 0.6 is 0 Å². The Hall–Kier alpha value is -2.28. The Morgan fingerprint density at radius 1 is 1.38 bits per heavy atom. The first-order chi connectivity index (χ1) is 11.5. The number of allylic oxidation sites excluding steroid dienone is 1. The van der Waals surface area contributed by atoms with Crippen molar-refractivity contribution in [1.82, 2.24) is 9.88 Å². The highest BCUT2D eigenvalue weighted by atomic mass is 15.3. The summed E-state index contributed by atoms with van der Waals surface area (Å²) in [7, 11) is 0. The van der Waals surface area contributed by atoms with Gasteiger partial charge in [-0.05, 0) is 56.7 Å². The number of H-pyrrole nitrogens is 1. The molecule has 2 aliphatic rings. The van der Waals surface area contributed by atoms with Crippen LogP contribution in [0, 0.1) is 5.92 Å². The van der Waals surface area contributed by atoms with E-state index in [9.17, 15) is 0 Å². The molecule has 7 nitrogen and oxygen atoms in total. The summed E-state index contributed by atoms with van der Waals surface area (Å²) >= 11 is 0. The molecule has 1 saturated carbocycles. The fourth-order valence-corrected chi connectivity index (χ4v) is 3.00. The molecule has 2 atom stereocenters. The summed E-state index contributed by atoms with van der Waals surface area (Å²) in [5.74, 6) is 1.46. The summed E-state index contributed by atoms with van der Waals surface area (Å²) < 4.78 is 0. The first kappa shape index (κ1) is 16.6. The zero-order valence-corrected chi connectivity index (χ0v) is 14.2. The van der Waals surface area contributed by atoms with E-state index >= 15 is 0 Å². The van der Waals surface area contributed by atoms with E-state index in [-0.39, 0.29) is 0 Å². The van der Waals surface area contributed by atoms with Gasteiger partial charge in [0, 0.05) is 24.5 Å². The van der Waals surface area contributed by atoms with E-state index in [0.717, 1.165) is 43.6 Å². The van der Waals surface area contributed by atoms with Crippen LogP contribution in [0.25, 0.3) is 0 Å². The molecule has 1 aliphatic heterocycles. The molecule has 1 unspecified atom stereocenters. The highest BCUT2D eigenvalue weighted by molar-refractivity contribution is 6.04. The lowest BCUT2D eigenvalue weighted by Crippen LogP contribution is -2.40. The van der Waals surface area contributed by atoms with Crippen LogP contribution in [-0.2, 0) is 0 Å². The highest BCUT2D eigenvalue weighted by Gasteiger charge is 2.25. The average molecular weight is 329 g/mol. The van der Waals surface area contributed by atoms with Gasteiger partial charge in [-0.3, -0.25) is 0 Å². The van der Waals surface area contributed by atoms with Crippen molar-refractivity contribution in [1.29, 1.82) is 0 Å². The minimum Gasteiger partial charge on any atom is -0.402 e. The smallest absolute Gasteiger partial charge is 0.198 e. The number of nitrogens with two attached hydrogens (primary N) is 3. The minimum atomic E-state index is -0.531. The number of likely N-dealkylation sites (tertiary alicyclic amines) is 1. The Bertz CT molecular complexity index is 640. The Labute approximate surface area is 142 Å². The Morgan fingerprint density at radius 3 is 2.75 bits per heavy atom. The van der Waals surface area contributed by atoms with Crippen molar-refractivity contribution in [2.24, 2.45) is 33.1 Å². The van der Waals surface area contributed by atoms with Crippen LogP contribution in [0.15, 0.2) is 40.1 Å². The van der Waals surface area contributed by atoms with Crippen molar-refractivity contribution in [3.8, 4) is 0 Å². The standard InChI is InChI=1S/C17H27N7/c1-11-4-3-9-24(11)17(20)23-16(14-5-2-8-21-14)22-15(19)10-13(18)12-6-7-12/h2,5,8,10-12,15,21H,3-4,6-7,9,18-19H2,1H3,(H2,20,22,23)/b13-10-/t11-,15?/m0/s1. The Morgan fingerprint density at radius 2 is 2.17 bits per heavy atom. The van der Waals surface area contributed by atoms with Gasteiger partial charge in [-0.2, -0.15) is 4.99 Å². The third-order valence-corrected chi connectivity index (χ3v) is 4.59. The first-order valence-corrected chi connectivity index (χ1v) is 8.59. The van der Waals surface area contributed by atoms with E-state index in [1.54, 1.807) is 0 Å². The van der Waals surface area contributed by atoms with Crippen molar-refractivity contribution in [2.75, 3.05) is 6.54 Å². The number of nitrogens with zero attached hydrogens (tertiary/aromatic N) is 3. The van der Waals surface area contributed by atoms with Crippen LogP contribution in [0.4, 0.5) is 0 Å². The quantitative estimate of drug-likeness (QED) is 0.488. The number of guanidine groups is 1. The monoisotopic (exact) mass is 329 g/mol. The normalized spacial score (nSPS) is 24.5. The van der Waals surface area contributed by atoms with Gasteiger partial charge < -0.3 is 27.1 Å². The van der Waals surface area contributed by atoms with Gasteiger partial charge in [0.25, 0.3) is 0 Å². The molecule has 0 bridgehead atoms. The fourth-order valence-electron chi connectivity index (χ4n) is 3.00. The van der Waals surface area contributed by atoms with E-state index in [2.05, 4.69) is 26.8 Å². The van der Waals surface area contributed by atoms with Crippen molar-refractivity contribution < 1.29 is 0 Å². The molecule has 3 rings (SSSR count). The van der Waals surface area contributed by atoms with E-state index < -0.39 is 6.17 Å². The molecule has 1 aliphatic carbocycles. The third kappa shape index (κ3) is 3.97. The number of hydrogen-bond donors (Lipinski definition) is 4. The van der Waals surface area contributed by atoms with Crippen molar-refractivity contribution in [2.45, 2.75) is 44.8 Å². The van der Waals surface area contributed by atoms with Crippen molar-refractivity contribution >= 4 is 11.8 Å². The predicted molar refractivity (Wildman–Crippen MR) is 97.3 cm³/mol. The topological polar surface area (TPSA) is 122 Å². The lowest BCUT2D eigenvalue weighted by atomic mass is 10.2. The molecule has 0 aromatic carbocycles. The van der Waals surface area contributed by atoms with Gasteiger partial charge in [0.05, 0.1) is 5.69 Å². The SMILES string of the molecule is C[C@H]1CCCN1C(N)=N/C(=N\C(N)/C=C(\N)C1CC1)c1ccc[nH]1. The van der Waals surface area contributed by atoms with E-state index in [1.165, 1.54) is 0 Å². The summed E-state index contributed by atoms with van der Waals surface area (Å²) in [5, 5.41) is 0. The van der Waals surface area contributed by atoms with Crippen LogP contribution in [0.1, 0.15) is 38.3 Å². The van der Waals surface area contributed by atoms with Crippen LogP contribution in [0.5, 0.6) is 0 Å². The van der Waals surface area contributed by atoms with E-state index in [4.69, 9.17) is 17.2 Å². The van der Waals surface area contributed by atoms with Gasteiger partial charge in [0.2, 0.25) is 0 Å². The number of aliphatic imine (C=N–C) groups is 2. The number of hydrogen-bond acceptors (Lipinski definition) is 3. The number of aromatic nitrogens is 1. The zero-order valence-electron chi connectivity index (χ0n) is 14.2. The predicted octanol–water partition coefficient (Wildman–Crippen LogP) is 1.10. The van der Waals surface area contributed by atoms with Crippen LogP contribution in [0.2, 0.25) is 0 Å². The molecule has 0 radical (unpaired) electrons. The average Bonchev–Trinajstić information content (AvgIpc) is 3.07. The second-order valence-electron chi connectivity index (χ2n) is 6.62. The molecule has 1 aromatic heterocycles.